The first-order valence-corrected chi connectivity index (χ1v) is 6.67. The van der Waals surface area contributed by atoms with Crippen molar-refractivity contribution in [1.82, 2.24) is 15.1 Å². The van der Waals surface area contributed by atoms with Gasteiger partial charge >= 0.3 is 0 Å². The Hall–Kier alpha value is -2.30. The third-order valence-electron chi connectivity index (χ3n) is 2.84. The van der Waals surface area contributed by atoms with Gasteiger partial charge in [0, 0.05) is 25.5 Å². The van der Waals surface area contributed by atoms with Crippen molar-refractivity contribution in [2.24, 2.45) is 0 Å². The number of nitrogens with one attached hydrogen (secondary N) is 1. The maximum atomic E-state index is 11.6. The van der Waals surface area contributed by atoms with Gasteiger partial charge in [-0.1, -0.05) is 17.7 Å². The third-order valence-corrected chi connectivity index (χ3v) is 2.84. The molecule has 0 spiro atoms. The molecule has 1 N–H and O–H groups in total. The molecule has 5 heteroatoms. The Labute approximate surface area is 118 Å². The second-order valence-electron chi connectivity index (χ2n) is 4.57. The van der Waals surface area contributed by atoms with Gasteiger partial charge in [0.15, 0.2) is 6.61 Å². The Bertz CT molecular complexity index is 521. The van der Waals surface area contributed by atoms with Gasteiger partial charge in [-0.15, -0.1) is 0 Å². The van der Waals surface area contributed by atoms with E-state index in [4.69, 9.17) is 4.74 Å². The van der Waals surface area contributed by atoms with E-state index < -0.39 is 0 Å². The topological polar surface area (TPSA) is 56.1 Å². The van der Waals surface area contributed by atoms with E-state index in [1.807, 2.05) is 48.1 Å². The lowest BCUT2D eigenvalue weighted by Crippen LogP contribution is -2.30. The smallest absolute Gasteiger partial charge is 0.257 e. The Kier molecular flexibility index (Phi) is 5.17. The number of aryl methyl sites for hydroxylation is 2. The first-order chi connectivity index (χ1) is 9.74. The summed E-state index contributed by atoms with van der Waals surface area (Å²) in [5, 5.41) is 6.92. The molecule has 1 heterocycles. The first-order valence-electron chi connectivity index (χ1n) is 6.67. The number of carbonyl (C=O) groups is 1. The summed E-state index contributed by atoms with van der Waals surface area (Å²) in [6.07, 6.45) is 4.49. The zero-order valence-corrected chi connectivity index (χ0v) is 11.6. The zero-order valence-electron chi connectivity index (χ0n) is 11.6. The van der Waals surface area contributed by atoms with E-state index in [2.05, 4.69) is 10.4 Å². The van der Waals surface area contributed by atoms with Gasteiger partial charge in [0.05, 0.1) is 0 Å². The zero-order chi connectivity index (χ0) is 14.2. The number of aromatic nitrogens is 2. The van der Waals surface area contributed by atoms with Crippen LogP contribution in [0.15, 0.2) is 42.7 Å². The summed E-state index contributed by atoms with van der Waals surface area (Å²) in [5.74, 6) is 0.605. The van der Waals surface area contributed by atoms with Crippen LogP contribution in [0, 0.1) is 6.92 Å². The molecule has 0 aliphatic rings. The number of carbonyl (C=O) groups excluding carboxylic acids is 1. The summed E-state index contributed by atoms with van der Waals surface area (Å²) in [6, 6.07) is 9.52. The number of ether oxygens (including phenoxy) is 1. The largest absolute Gasteiger partial charge is 0.484 e. The van der Waals surface area contributed by atoms with Gasteiger partial charge in [0.2, 0.25) is 0 Å². The maximum Gasteiger partial charge on any atom is 0.257 e. The molecule has 2 rings (SSSR count). The highest BCUT2D eigenvalue weighted by Crippen LogP contribution is 2.10. The van der Waals surface area contributed by atoms with Crippen LogP contribution in [0.2, 0.25) is 0 Å². The monoisotopic (exact) mass is 273 g/mol. The lowest BCUT2D eigenvalue weighted by atomic mass is 10.2. The molecule has 1 aromatic carbocycles. The Morgan fingerprint density at radius 2 is 2.15 bits per heavy atom. The SMILES string of the molecule is Cc1ccc(OCC(=O)NCCCn2cccn2)cc1. The summed E-state index contributed by atoms with van der Waals surface area (Å²) < 4.78 is 7.24. The average Bonchev–Trinajstić information content (AvgIpc) is 2.96. The van der Waals surface area contributed by atoms with Gasteiger partial charge in [-0.05, 0) is 31.5 Å². The second-order valence-corrected chi connectivity index (χ2v) is 4.57. The van der Waals surface area contributed by atoms with Crippen molar-refractivity contribution in [3.63, 3.8) is 0 Å². The van der Waals surface area contributed by atoms with E-state index in [1.54, 1.807) is 6.20 Å². The molecule has 20 heavy (non-hydrogen) atoms. The average molecular weight is 273 g/mol. The van der Waals surface area contributed by atoms with Gasteiger partial charge in [-0.2, -0.15) is 5.10 Å². The molecule has 1 amide bonds. The fourth-order valence-electron chi connectivity index (χ4n) is 1.74. The number of amides is 1. The molecule has 1 aromatic heterocycles. The lowest BCUT2D eigenvalue weighted by molar-refractivity contribution is -0.123. The van der Waals surface area contributed by atoms with Crippen molar-refractivity contribution in [3.05, 3.63) is 48.3 Å². The molecule has 106 valence electrons. The number of hydrogen-bond acceptors (Lipinski definition) is 3. The van der Waals surface area contributed by atoms with Gasteiger partial charge in [0.1, 0.15) is 5.75 Å². The highest BCUT2D eigenvalue weighted by Gasteiger charge is 2.02. The van der Waals surface area contributed by atoms with Crippen LogP contribution in [0.5, 0.6) is 5.75 Å². The minimum absolute atomic E-state index is 0.0465. The first kappa shape index (κ1) is 14.1. The molecule has 0 radical (unpaired) electrons. The molecule has 5 nitrogen and oxygen atoms in total. The van der Waals surface area contributed by atoms with Crippen molar-refractivity contribution in [2.45, 2.75) is 19.9 Å². The second kappa shape index (κ2) is 7.33. The number of nitrogens with zero attached hydrogens (tertiary/aromatic N) is 2. The third kappa shape index (κ3) is 4.76. The summed E-state index contributed by atoms with van der Waals surface area (Å²) in [6.45, 7) is 3.48. The molecule has 0 aliphatic carbocycles. The van der Waals surface area contributed by atoms with E-state index in [0.717, 1.165) is 13.0 Å². The molecule has 0 unspecified atom stereocenters. The van der Waals surface area contributed by atoms with Gasteiger partial charge in [-0.3, -0.25) is 9.48 Å². The number of hydrogen-bond donors (Lipinski definition) is 1. The summed E-state index contributed by atoms with van der Waals surface area (Å²) in [4.78, 5) is 11.6. The van der Waals surface area contributed by atoms with Crippen molar-refractivity contribution in [3.8, 4) is 5.75 Å². The van der Waals surface area contributed by atoms with Crippen LogP contribution in [0.25, 0.3) is 0 Å². The fourth-order valence-corrected chi connectivity index (χ4v) is 1.74. The van der Waals surface area contributed by atoms with E-state index in [1.165, 1.54) is 5.56 Å². The Balaban J connectivity index is 1.59. The van der Waals surface area contributed by atoms with Crippen molar-refractivity contribution in [1.29, 1.82) is 0 Å². The number of rotatable bonds is 7. The predicted molar refractivity (Wildman–Crippen MR) is 76.5 cm³/mol. The van der Waals surface area contributed by atoms with E-state index >= 15 is 0 Å². The molecular formula is C15H19N3O2. The summed E-state index contributed by atoms with van der Waals surface area (Å²) in [5.41, 5.74) is 1.17. The van der Waals surface area contributed by atoms with Crippen LogP contribution in [0.3, 0.4) is 0 Å². The van der Waals surface area contributed by atoms with Crippen molar-refractivity contribution < 1.29 is 9.53 Å². The Morgan fingerprint density at radius 3 is 2.85 bits per heavy atom. The Morgan fingerprint density at radius 1 is 1.35 bits per heavy atom. The molecule has 0 atom stereocenters. The molecule has 0 saturated heterocycles. The quantitative estimate of drug-likeness (QED) is 0.782. The van der Waals surface area contributed by atoms with Gasteiger partial charge in [0.25, 0.3) is 5.91 Å². The highest BCUT2D eigenvalue weighted by atomic mass is 16.5. The summed E-state index contributed by atoms with van der Waals surface area (Å²) >= 11 is 0. The molecule has 0 saturated carbocycles. The van der Waals surface area contributed by atoms with Gasteiger partial charge < -0.3 is 10.1 Å². The highest BCUT2D eigenvalue weighted by molar-refractivity contribution is 5.77. The molecule has 0 bridgehead atoms. The predicted octanol–water partition coefficient (Wildman–Crippen LogP) is 1.78. The normalized spacial score (nSPS) is 10.2. The molecule has 0 aliphatic heterocycles. The standard InChI is InChI=1S/C15H19N3O2/c1-13-4-6-14(7-5-13)20-12-15(19)16-8-2-10-18-11-3-9-17-18/h3-7,9,11H,2,8,10,12H2,1H3,(H,16,19). The van der Waals surface area contributed by atoms with E-state index in [9.17, 15) is 4.79 Å². The molecule has 2 aromatic rings. The lowest BCUT2D eigenvalue weighted by Gasteiger charge is -2.07. The van der Waals surface area contributed by atoms with Crippen LogP contribution in [0.4, 0.5) is 0 Å². The van der Waals surface area contributed by atoms with Crippen LogP contribution in [0.1, 0.15) is 12.0 Å². The summed E-state index contributed by atoms with van der Waals surface area (Å²) in [7, 11) is 0. The van der Waals surface area contributed by atoms with Crippen LogP contribution in [-0.4, -0.2) is 28.8 Å². The minimum atomic E-state index is -0.106. The minimum Gasteiger partial charge on any atom is -0.484 e. The molecule has 0 fully saturated rings. The fraction of sp³-hybridized carbons (Fsp3) is 0.333. The van der Waals surface area contributed by atoms with Crippen LogP contribution < -0.4 is 10.1 Å². The number of benzene rings is 1. The van der Waals surface area contributed by atoms with E-state index in [0.29, 0.717) is 12.3 Å². The van der Waals surface area contributed by atoms with Crippen LogP contribution >= 0.6 is 0 Å². The van der Waals surface area contributed by atoms with E-state index in [-0.39, 0.29) is 12.5 Å². The molecular weight excluding hydrogens is 254 g/mol. The van der Waals surface area contributed by atoms with Gasteiger partial charge in [-0.25, -0.2) is 0 Å². The van der Waals surface area contributed by atoms with Crippen molar-refractivity contribution >= 4 is 5.91 Å². The van der Waals surface area contributed by atoms with Crippen LogP contribution in [-0.2, 0) is 11.3 Å². The maximum absolute atomic E-state index is 11.6. The van der Waals surface area contributed by atoms with Crippen molar-refractivity contribution in [2.75, 3.05) is 13.2 Å².